The summed E-state index contributed by atoms with van der Waals surface area (Å²) >= 11 is 0. The van der Waals surface area contributed by atoms with Gasteiger partial charge in [-0.25, -0.2) is 0 Å². The molecule has 0 aliphatic heterocycles. The summed E-state index contributed by atoms with van der Waals surface area (Å²) in [5.74, 6) is 0.371. The Morgan fingerprint density at radius 2 is 1.86 bits per heavy atom. The van der Waals surface area contributed by atoms with Crippen molar-refractivity contribution in [3.8, 4) is 11.5 Å². The largest absolute Gasteiger partial charge is 0.493 e. The lowest BCUT2D eigenvalue weighted by Gasteiger charge is -2.09. The van der Waals surface area contributed by atoms with Crippen LogP contribution in [0.15, 0.2) is 48.5 Å². The smallest absolute Gasteiger partial charge is 0.311 e. The van der Waals surface area contributed by atoms with E-state index in [1.54, 1.807) is 12.1 Å². The van der Waals surface area contributed by atoms with Crippen LogP contribution in [0.1, 0.15) is 28.8 Å². The zero-order valence-electron chi connectivity index (χ0n) is 12.5. The van der Waals surface area contributed by atoms with Crippen molar-refractivity contribution in [2.75, 3.05) is 7.11 Å². The van der Waals surface area contributed by atoms with Gasteiger partial charge < -0.3 is 9.47 Å². The Bertz CT molecular complexity index is 635. The van der Waals surface area contributed by atoms with Crippen LogP contribution in [0.4, 0.5) is 0 Å². The van der Waals surface area contributed by atoms with E-state index in [0.717, 1.165) is 6.42 Å². The molecule has 2 rings (SSSR count). The third-order valence-corrected chi connectivity index (χ3v) is 3.24. The summed E-state index contributed by atoms with van der Waals surface area (Å²) in [7, 11) is 1.49. The first-order valence-corrected chi connectivity index (χ1v) is 7.10. The van der Waals surface area contributed by atoms with E-state index < -0.39 is 0 Å². The van der Waals surface area contributed by atoms with Crippen LogP contribution in [-0.2, 0) is 11.2 Å². The van der Waals surface area contributed by atoms with Crippen molar-refractivity contribution >= 4 is 12.3 Å². The molecule has 0 bridgehead atoms. The molecule has 2 aromatic rings. The van der Waals surface area contributed by atoms with Gasteiger partial charge in [0.15, 0.2) is 11.5 Å². The Kier molecular flexibility index (Phi) is 5.72. The zero-order chi connectivity index (χ0) is 15.8. The van der Waals surface area contributed by atoms with Gasteiger partial charge in [0.25, 0.3) is 0 Å². The molecule has 0 saturated carbocycles. The number of aldehydes is 1. The molecule has 4 nitrogen and oxygen atoms in total. The molecule has 0 aliphatic carbocycles. The fraction of sp³-hybridized carbons (Fsp3) is 0.222. The van der Waals surface area contributed by atoms with Crippen molar-refractivity contribution in [2.24, 2.45) is 0 Å². The number of carbonyl (C=O) groups excluding carboxylic acids is 2. The molecule has 0 N–H and O–H groups in total. The molecule has 0 amide bonds. The second kappa shape index (κ2) is 7.98. The second-order valence-electron chi connectivity index (χ2n) is 4.84. The number of methoxy groups -OCH3 is 1. The molecule has 0 fully saturated rings. The molecule has 0 saturated heterocycles. The van der Waals surface area contributed by atoms with Crippen LogP contribution in [0.5, 0.6) is 11.5 Å². The first-order chi connectivity index (χ1) is 10.7. The minimum Gasteiger partial charge on any atom is -0.493 e. The van der Waals surface area contributed by atoms with Crippen LogP contribution >= 0.6 is 0 Å². The standard InChI is InChI=1S/C18H18O4/c1-21-16-11-10-15(13-19)12-17(16)22-18(20)9-5-8-14-6-3-2-4-7-14/h2-4,6-7,10-13H,5,8-9H2,1H3. The van der Waals surface area contributed by atoms with Crippen molar-refractivity contribution in [1.29, 1.82) is 0 Å². The molecule has 0 aromatic heterocycles. The normalized spacial score (nSPS) is 10.0. The number of benzene rings is 2. The van der Waals surface area contributed by atoms with Gasteiger partial charge in [0.2, 0.25) is 0 Å². The summed E-state index contributed by atoms with van der Waals surface area (Å²) in [6.07, 6.45) is 2.54. The molecule has 114 valence electrons. The highest BCUT2D eigenvalue weighted by Crippen LogP contribution is 2.28. The van der Waals surface area contributed by atoms with Gasteiger partial charge in [0.1, 0.15) is 6.29 Å². The summed E-state index contributed by atoms with van der Waals surface area (Å²) in [6, 6.07) is 14.7. The summed E-state index contributed by atoms with van der Waals surface area (Å²) in [5.41, 5.74) is 1.63. The highest BCUT2D eigenvalue weighted by molar-refractivity contribution is 5.78. The van der Waals surface area contributed by atoms with E-state index >= 15 is 0 Å². The van der Waals surface area contributed by atoms with Crippen molar-refractivity contribution in [3.63, 3.8) is 0 Å². The predicted octanol–water partition coefficient (Wildman–Crippen LogP) is 3.44. The molecule has 4 heteroatoms. The maximum Gasteiger partial charge on any atom is 0.311 e. The first-order valence-electron chi connectivity index (χ1n) is 7.10. The van der Waals surface area contributed by atoms with E-state index in [4.69, 9.17) is 9.47 Å². The molecule has 0 heterocycles. The Hall–Kier alpha value is -2.62. The van der Waals surface area contributed by atoms with Gasteiger partial charge in [-0.2, -0.15) is 0 Å². The summed E-state index contributed by atoms with van der Waals surface area (Å²) in [5, 5.41) is 0. The summed E-state index contributed by atoms with van der Waals surface area (Å²) in [6.45, 7) is 0. The Morgan fingerprint density at radius 3 is 2.55 bits per heavy atom. The highest BCUT2D eigenvalue weighted by Gasteiger charge is 2.11. The number of rotatable bonds is 7. The quantitative estimate of drug-likeness (QED) is 0.446. The van der Waals surface area contributed by atoms with Gasteiger partial charge >= 0.3 is 5.97 Å². The van der Waals surface area contributed by atoms with Crippen LogP contribution < -0.4 is 9.47 Å². The van der Waals surface area contributed by atoms with Crippen LogP contribution in [0.2, 0.25) is 0 Å². The molecule has 0 aliphatic rings. The third kappa shape index (κ3) is 4.45. The maximum atomic E-state index is 11.9. The first kappa shape index (κ1) is 15.8. The summed E-state index contributed by atoms with van der Waals surface area (Å²) in [4.78, 5) is 22.7. The lowest BCUT2D eigenvalue weighted by atomic mass is 10.1. The van der Waals surface area contributed by atoms with Crippen LogP contribution in [0.25, 0.3) is 0 Å². The highest BCUT2D eigenvalue weighted by atomic mass is 16.6. The van der Waals surface area contributed by atoms with Crippen molar-refractivity contribution in [3.05, 3.63) is 59.7 Å². The topological polar surface area (TPSA) is 52.6 Å². The molecule has 0 atom stereocenters. The molecule has 2 aromatic carbocycles. The molecule has 0 radical (unpaired) electrons. The summed E-state index contributed by atoms with van der Waals surface area (Å²) < 4.78 is 10.4. The molecule has 22 heavy (non-hydrogen) atoms. The van der Waals surface area contributed by atoms with Gasteiger partial charge in [-0.15, -0.1) is 0 Å². The van der Waals surface area contributed by atoms with Crippen LogP contribution in [-0.4, -0.2) is 19.4 Å². The minimum atomic E-state index is -0.336. The van der Waals surface area contributed by atoms with E-state index in [9.17, 15) is 9.59 Å². The molecular weight excluding hydrogens is 280 g/mol. The number of hydrogen-bond acceptors (Lipinski definition) is 4. The predicted molar refractivity (Wildman–Crippen MR) is 83.4 cm³/mol. The van der Waals surface area contributed by atoms with E-state index in [0.29, 0.717) is 30.4 Å². The SMILES string of the molecule is COc1ccc(C=O)cc1OC(=O)CCCc1ccccc1. The van der Waals surface area contributed by atoms with Gasteiger partial charge in [-0.05, 0) is 36.6 Å². The van der Waals surface area contributed by atoms with Crippen LogP contribution in [0.3, 0.4) is 0 Å². The van der Waals surface area contributed by atoms with E-state index in [1.165, 1.54) is 18.7 Å². The minimum absolute atomic E-state index is 0.275. The Morgan fingerprint density at radius 1 is 1.09 bits per heavy atom. The Balaban J connectivity index is 1.90. The Labute approximate surface area is 129 Å². The number of esters is 1. The van der Waals surface area contributed by atoms with E-state index in [-0.39, 0.29) is 11.7 Å². The fourth-order valence-corrected chi connectivity index (χ4v) is 2.10. The zero-order valence-corrected chi connectivity index (χ0v) is 12.5. The number of ether oxygens (including phenoxy) is 2. The second-order valence-corrected chi connectivity index (χ2v) is 4.84. The molecule has 0 spiro atoms. The van der Waals surface area contributed by atoms with Crippen molar-refractivity contribution in [2.45, 2.75) is 19.3 Å². The van der Waals surface area contributed by atoms with Gasteiger partial charge in [0, 0.05) is 12.0 Å². The lowest BCUT2D eigenvalue weighted by molar-refractivity contribution is -0.134. The fourth-order valence-electron chi connectivity index (χ4n) is 2.10. The monoisotopic (exact) mass is 298 g/mol. The van der Waals surface area contributed by atoms with E-state index in [2.05, 4.69) is 0 Å². The van der Waals surface area contributed by atoms with Crippen molar-refractivity contribution in [1.82, 2.24) is 0 Å². The average Bonchev–Trinajstić information content (AvgIpc) is 2.55. The van der Waals surface area contributed by atoms with Crippen LogP contribution in [0, 0.1) is 0 Å². The van der Waals surface area contributed by atoms with Gasteiger partial charge in [0.05, 0.1) is 7.11 Å². The number of hydrogen-bond donors (Lipinski definition) is 0. The lowest BCUT2D eigenvalue weighted by Crippen LogP contribution is -2.09. The number of carbonyl (C=O) groups is 2. The molecule has 0 unspecified atom stereocenters. The van der Waals surface area contributed by atoms with Crippen molar-refractivity contribution < 1.29 is 19.1 Å². The average molecular weight is 298 g/mol. The maximum absolute atomic E-state index is 11.9. The van der Waals surface area contributed by atoms with Gasteiger partial charge in [-0.3, -0.25) is 9.59 Å². The van der Waals surface area contributed by atoms with E-state index in [1.807, 2.05) is 30.3 Å². The molecular formula is C18H18O4. The number of aryl methyl sites for hydroxylation is 1. The third-order valence-electron chi connectivity index (χ3n) is 3.24. The van der Waals surface area contributed by atoms with Gasteiger partial charge in [-0.1, -0.05) is 30.3 Å².